The maximum absolute atomic E-state index is 10.9. The van der Waals surface area contributed by atoms with E-state index in [4.69, 9.17) is 10.8 Å². The number of aromatic carboxylic acids is 1. The topological polar surface area (TPSA) is 136 Å². The number of rotatable bonds is 5. The Morgan fingerprint density at radius 2 is 2.12 bits per heavy atom. The third-order valence-electron chi connectivity index (χ3n) is 1.91. The molecule has 1 aromatic rings. The van der Waals surface area contributed by atoms with E-state index in [-0.39, 0.29) is 17.8 Å². The van der Waals surface area contributed by atoms with Crippen molar-refractivity contribution in [2.75, 3.05) is 11.9 Å². The number of benzene rings is 1. The highest BCUT2D eigenvalue weighted by Gasteiger charge is 2.21. The van der Waals surface area contributed by atoms with Gasteiger partial charge in [0.2, 0.25) is 5.91 Å². The molecular weight excluding hydrogens is 230 g/mol. The zero-order valence-electron chi connectivity index (χ0n) is 8.54. The van der Waals surface area contributed by atoms with Crippen molar-refractivity contribution in [2.24, 2.45) is 5.73 Å². The molecule has 17 heavy (non-hydrogen) atoms. The van der Waals surface area contributed by atoms with Gasteiger partial charge in [-0.2, -0.15) is 0 Å². The van der Waals surface area contributed by atoms with Gasteiger partial charge in [0.15, 0.2) is 0 Å². The maximum atomic E-state index is 10.9. The number of nitrogens with zero attached hydrogens (tertiary/aromatic N) is 1. The predicted octanol–water partition coefficient (Wildman–Crippen LogP) is 0.190. The highest BCUT2D eigenvalue weighted by atomic mass is 16.6. The molecule has 90 valence electrons. The second kappa shape index (κ2) is 4.92. The summed E-state index contributed by atoms with van der Waals surface area (Å²) in [6.07, 6.45) is 0. The second-order valence-electron chi connectivity index (χ2n) is 3.08. The number of nitrogens with two attached hydrogens (primary N) is 1. The Hall–Kier alpha value is -2.64. The lowest BCUT2D eigenvalue weighted by molar-refractivity contribution is -0.384. The molecule has 0 fully saturated rings. The van der Waals surface area contributed by atoms with Gasteiger partial charge in [0, 0.05) is 6.07 Å². The van der Waals surface area contributed by atoms with Gasteiger partial charge in [-0.3, -0.25) is 14.9 Å². The minimum absolute atomic E-state index is 0.233. The van der Waals surface area contributed by atoms with Crippen molar-refractivity contribution < 1.29 is 19.6 Å². The molecule has 0 saturated heterocycles. The molecule has 0 radical (unpaired) electrons. The van der Waals surface area contributed by atoms with Gasteiger partial charge in [-0.05, 0) is 6.07 Å². The zero-order valence-corrected chi connectivity index (χ0v) is 8.54. The van der Waals surface area contributed by atoms with Crippen LogP contribution in [0.5, 0.6) is 0 Å². The lowest BCUT2D eigenvalue weighted by atomic mass is 10.1. The van der Waals surface area contributed by atoms with Gasteiger partial charge in [-0.15, -0.1) is 0 Å². The average molecular weight is 239 g/mol. The first-order valence-corrected chi connectivity index (χ1v) is 4.46. The van der Waals surface area contributed by atoms with Crippen molar-refractivity contribution >= 4 is 23.3 Å². The molecule has 1 aromatic carbocycles. The quantitative estimate of drug-likeness (QED) is 0.495. The van der Waals surface area contributed by atoms with Crippen LogP contribution in [0.25, 0.3) is 0 Å². The summed E-state index contributed by atoms with van der Waals surface area (Å²) in [5.41, 5.74) is 3.93. The molecule has 0 atom stereocenters. The number of nitro benzene ring substituents is 1. The number of carboxylic acids is 1. The van der Waals surface area contributed by atoms with Crippen molar-refractivity contribution in [3.63, 3.8) is 0 Å². The van der Waals surface area contributed by atoms with Crippen molar-refractivity contribution in [2.45, 2.75) is 0 Å². The summed E-state index contributed by atoms with van der Waals surface area (Å²) < 4.78 is 0. The molecule has 0 bridgehead atoms. The van der Waals surface area contributed by atoms with Crippen molar-refractivity contribution in [3.05, 3.63) is 33.9 Å². The Kier molecular flexibility index (Phi) is 3.60. The fourth-order valence-corrected chi connectivity index (χ4v) is 1.23. The zero-order chi connectivity index (χ0) is 13.0. The van der Waals surface area contributed by atoms with Gasteiger partial charge in [-0.1, -0.05) is 6.07 Å². The van der Waals surface area contributed by atoms with E-state index in [9.17, 15) is 19.7 Å². The van der Waals surface area contributed by atoms with Crippen LogP contribution in [0.15, 0.2) is 18.2 Å². The average Bonchev–Trinajstić information content (AvgIpc) is 2.25. The Labute approximate surface area is 95.2 Å². The van der Waals surface area contributed by atoms with E-state index in [1.54, 1.807) is 0 Å². The number of primary amides is 1. The lowest BCUT2D eigenvalue weighted by Crippen LogP contribution is -2.23. The molecule has 0 unspecified atom stereocenters. The first-order chi connectivity index (χ1) is 7.93. The van der Waals surface area contributed by atoms with Crippen LogP contribution >= 0.6 is 0 Å². The maximum Gasteiger partial charge on any atom is 0.338 e. The van der Waals surface area contributed by atoms with Crippen LogP contribution in [0.1, 0.15) is 10.4 Å². The Balaban J connectivity index is 3.23. The Morgan fingerprint density at radius 1 is 1.47 bits per heavy atom. The minimum atomic E-state index is -1.33. The summed E-state index contributed by atoms with van der Waals surface area (Å²) >= 11 is 0. The first-order valence-electron chi connectivity index (χ1n) is 4.46. The number of nitro groups is 1. The van der Waals surface area contributed by atoms with Crippen LogP contribution in [0, 0.1) is 10.1 Å². The number of carboxylic acid groups (broad SMARTS) is 1. The van der Waals surface area contributed by atoms with E-state index >= 15 is 0 Å². The van der Waals surface area contributed by atoms with Crippen LogP contribution in [0.3, 0.4) is 0 Å². The van der Waals surface area contributed by atoms with E-state index in [0.717, 1.165) is 6.07 Å². The number of anilines is 1. The third kappa shape index (κ3) is 2.91. The van der Waals surface area contributed by atoms with Crippen molar-refractivity contribution in [1.82, 2.24) is 0 Å². The smallest absolute Gasteiger partial charge is 0.338 e. The summed E-state index contributed by atoms with van der Waals surface area (Å²) in [5, 5.41) is 21.9. The first kappa shape index (κ1) is 12.4. The third-order valence-corrected chi connectivity index (χ3v) is 1.91. The predicted molar refractivity (Wildman–Crippen MR) is 57.7 cm³/mol. The number of amides is 1. The molecule has 0 aliphatic carbocycles. The number of hydrogen-bond acceptors (Lipinski definition) is 5. The van der Waals surface area contributed by atoms with Crippen molar-refractivity contribution in [1.29, 1.82) is 0 Å². The molecule has 8 nitrogen and oxygen atoms in total. The molecule has 8 heteroatoms. The highest BCUT2D eigenvalue weighted by Crippen LogP contribution is 2.27. The SMILES string of the molecule is NC(=O)CNc1c(C(=O)O)cccc1[N+](=O)[O-]. The molecule has 0 saturated carbocycles. The fraction of sp³-hybridized carbons (Fsp3) is 0.111. The number of nitrogens with one attached hydrogen (secondary N) is 1. The Bertz CT molecular complexity index is 453. The van der Waals surface area contributed by atoms with Crippen LogP contribution in [-0.2, 0) is 4.79 Å². The summed E-state index contributed by atoms with van der Waals surface area (Å²) in [6.45, 7) is -0.384. The molecule has 0 aromatic heterocycles. The van der Waals surface area contributed by atoms with Gasteiger partial charge in [0.05, 0.1) is 17.0 Å². The summed E-state index contributed by atoms with van der Waals surface area (Å²) in [5.74, 6) is -2.08. The molecule has 0 heterocycles. The largest absolute Gasteiger partial charge is 0.478 e. The van der Waals surface area contributed by atoms with E-state index in [2.05, 4.69) is 5.32 Å². The molecule has 0 spiro atoms. The molecule has 1 rings (SSSR count). The number of para-hydroxylation sites is 1. The second-order valence-corrected chi connectivity index (χ2v) is 3.08. The molecule has 0 aliphatic rings. The molecule has 1 amide bonds. The van der Waals surface area contributed by atoms with Crippen LogP contribution in [-0.4, -0.2) is 28.5 Å². The van der Waals surface area contributed by atoms with Gasteiger partial charge < -0.3 is 16.2 Å². The van der Waals surface area contributed by atoms with Gasteiger partial charge in [0.1, 0.15) is 5.69 Å². The number of carbonyl (C=O) groups is 2. The number of hydrogen-bond donors (Lipinski definition) is 3. The fourth-order valence-electron chi connectivity index (χ4n) is 1.23. The van der Waals surface area contributed by atoms with Crippen LogP contribution in [0.2, 0.25) is 0 Å². The normalized spacial score (nSPS) is 9.65. The minimum Gasteiger partial charge on any atom is -0.478 e. The van der Waals surface area contributed by atoms with Crippen LogP contribution in [0.4, 0.5) is 11.4 Å². The van der Waals surface area contributed by atoms with Gasteiger partial charge >= 0.3 is 5.97 Å². The lowest BCUT2D eigenvalue weighted by Gasteiger charge is -2.08. The number of carbonyl (C=O) groups excluding carboxylic acids is 1. The molecular formula is C9H9N3O5. The van der Waals surface area contributed by atoms with Crippen LogP contribution < -0.4 is 11.1 Å². The van der Waals surface area contributed by atoms with E-state index in [1.165, 1.54) is 12.1 Å². The molecule has 0 aliphatic heterocycles. The highest BCUT2D eigenvalue weighted by molar-refractivity contribution is 5.97. The monoisotopic (exact) mass is 239 g/mol. The van der Waals surface area contributed by atoms with Crippen molar-refractivity contribution in [3.8, 4) is 0 Å². The van der Waals surface area contributed by atoms with E-state index < -0.39 is 22.5 Å². The van der Waals surface area contributed by atoms with Gasteiger partial charge in [0.25, 0.3) is 5.69 Å². The summed E-state index contributed by atoms with van der Waals surface area (Å²) in [4.78, 5) is 31.4. The standard InChI is InChI=1S/C9H9N3O5/c10-7(13)4-11-8-5(9(14)15)2-1-3-6(8)12(16)17/h1-3,11H,4H2,(H2,10,13)(H,14,15). The van der Waals surface area contributed by atoms with Gasteiger partial charge in [-0.25, -0.2) is 4.79 Å². The summed E-state index contributed by atoms with van der Waals surface area (Å²) in [7, 11) is 0. The Morgan fingerprint density at radius 3 is 2.59 bits per heavy atom. The molecule has 4 N–H and O–H groups in total. The van der Waals surface area contributed by atoms with E-state index in [0.29, 0.717) is 0 Å². The summed E-state index contributed by atoms with van der Waals surface area (Å²) in [6, 6.07) is 3.57. The van der Waals surface area contributed by atoms with E-state index in [1.807, 2.05) is 0 Å².